The van der Waals surface area contributed by atoms with Gasteiger partial charge >= 0.3 is 0 Å². The van der Waals surface area contributed by atoms with E-state index < -0.39 is 0 Å². The van der Waals surface area contributed by atoms with E-state index in [0.717, 1.165) is 11.4 Å². The van der Waals surface area contributed by atoms with Crippen LogP contribution < -0.4 is 5.32 Å². The fraction of sp³-hybridized carbons (Fsp3) is 0.200. The van der Waals surface area contributed by atoms with Gasteiger partial charge in [-0.3, -0.25) is 9.59 Å². The third kappa shape index (κ3) is 2.57. The second kappa shape index (κ2) is 5.10. The fourth-order valence-corrected chi connectivity index (χ4v) is 2.22. The molecule has 1 heterocycles. The lowest BCUT2D eigenvalue weighted by Gasteiger charge is -2.04. The zero-order valence-electron chi connectivity index (χ0n) is 11.2. The Kier molecular flexibility index (Phi) is 3.51. The van der Waals surface area contributed by atoms with Crippen LogP contribution in [0, 0.1) is 13.8 Å². The molecule has 0 aliphatic carbocycles. The molecule has 0 atom stereocenters. The van der Waals surface area contributed by atoms with Crippen molar-refractivity contribution >= 4 is 17.4 Å². The van der Waals surface area contributed by atoms with Gasteiger partial charge in [0, 0.05) is 16.9 Å². The number of H-pyrrole nitrogens is 1. The van der Waals surface area contributed by atoms with E-state index in [-0.39, 0.29) is 11.7 Å². The summed E-state index contributed by atoms with van der Waals surface area (Å²) < 4.78 is 0. The molecule has 0 saturated carbocycles. The van der Waals surface area contributed by atoms with E-state index in [1.165, 1.54) is 6.92 Å². The lowest BCUT2D eigenvalue weighted by atomic mass is 10.1. The summed E-state index contributed by atoms with van der Waals surface area (Å²) in [6.45, 7) is 5.07. The molecule has 98 valence electrons. The number of rotatable bonds is 3. The standard InChI is InChI=1S/C15H16N2O2/c1-9-13(11(3)18)10(2)16-14(9)15(19)17-12-7-5-4-6-8-12/h4-8,16H,1-3H3,(H,17,19). The molecule has 0 unspecified atom stereocenters. The van der Waals surface area contributed by atoms with Crippen LogP contribution in [0.25, 0.3) is 0 Å². The van der Waals surface area contributed by atoms with Crippen LogP contribution in [0.4, 0.5) is 5.69 Å². The average Bonchev–Trinajstić information content (AvgIpc) is 2.66. The second-order valence-corrected chi connectivity index (χ2v) is 4.50. The van der Waals surface area contributed by atoms with Crippen molar-refractivity contribution in [2.24, 2.45) is 0 Å². The van der Waals surface area contributed by atoms with Gasteiger partial charge in [-0.1, -0.05) is 18.2 Å². The number of aryl methyl sites for hydroxylation is 1. The average molecular weight is 256 g/mol. The molecule has 2 rings (SSSR count). The van der Waals surface area contributed by atoms with Gasteiger partial charge < -0.3 is 10.3 Å². The summed E-state index contributed by atoms with van der Waals surface area (Å²) >= 11 is 0. The van der Waals surface area contributed by atoms with E-state index in [0.29, 0.717) is 16.8 Å². The zero-order chi connectivity index (χ0) is 14.0. The molecule has 0 bridgehead atoms. The summed E-state index contributed by atoms with van der Waals surface area (Å²) in [5.41, 5.74) is 3.18. The van der Waals surface area contributed by atoms with Crippen LogP contribution in [-0.2, 0) is 0 Å². The first-order valence-electron chi connectivity index (χ1n) is 6.07. The normalized spacial score (nSPS) is 10.3. The van der Waals surface area contributed by atoms with Crippen molar-refractivity contribution < 1.29 is 9.59 Å². The van der Waals surface area contributed by atoms with Gasteiger partial charge in [0.15, 0.2) is 5.78 Å². The number of hydrogen-bond donors (Lipinski definition) is 2. The van der Waals surface area contributed by atoms with Crippen molar-refractivity contribution in [1.29, 1.82) is 0 Å². The Morgan fingerprint density at radius 2 is 1.74 bits per heavy atom. The number of hydrogen-bond acceptors (Lipinski definition) is 2. The van der Waals surface area contributed by atoms with E-state index in [4.69, 9.17) is 0 Å². The van der Waals surface area contributed by atoms with Crippen LogP contribution in [-0.4, -0.2) is 16.7 Å². The molecule has 19 heavy (non-hydrogen) atoms. The zero-order valence-corrected chi connectivity index (χ0v) is 11.2. The molecule has 0 spiro atoms. The van der Waals surface area contributed by atoms with Crippen LogP contribution in [0.2, 0.25) is 0 Å². The molecule has 1 amide bonds. The molecule has 0 fully saturated rings. The van der Waals surface area contributed by atoms with Crippen LogP contribution in [0.15, 0.2) is 30.3 Å². The van der Waals surface area contributed by atoms with Gasteiger partial charge in [-0.15, -0.1) is 0 Å². The topological polar surface area (TPSA) is 62.0 Å². The highest BCUT2D eigenvalue weighted by atomic mass is 16.2. The molecular formula is C15H16N2O2. The number of carbonyl (C=O) groups excluding carboxylic acids is 2. The number of Topliss-reactive ketones (excluding diaryl/α,β-unsaturated/α-hetero) is 1. The summed E-state index contributed by atoms with van der Waals surface area (Å²) in [5, 5.41) is 2.80. The van der Waals surface area contributed by atoms with E-state index in [2.05, 4.69) is 10.3 Å². The number of ketones is 1. The first-order valence-corrected chi connectivity index (χ1v) is 6.07. The van der Waals surface area contributed by atoms with Crippen LogP contribution in [0.5, 0.6) is 0 Å². The Morgan fingerprint density at radius 3 is 2.26 bits per heavy atom. The number of anilines is 1. The number of amides is 1. The van der Waals surface area contributed by atoms with Crippen molar-refractivity contribution in [1.82, 2.24) is 4.98 Å². The van der Waals surface area contributed by atoms with Crippen molar-refractivity contribution in [2.75, 3.05) is 5.32 Å². The molecule has 4 heteroatoms. The van der Waals surface area contributed by atoms with Gasteiger partial charge in [0.2, 0.25) is 0 Å². The maximum absolute atomic E-state index is 12.2. The summed E-state index contributed by atoms with van der Waals surface area (Å²) in [7, 11) is 0. The second-order valence-electron chi connectivity index (χ2n) is 4.50. The number of nitrogens with one attached hydrogen (secondary N) is 2. The molecule has 1 aromatic heterocycles. The third-order valence-electron chi connectivity index (χ3n) is 3.05. The predicted molar refractivity (Wildman–Crippen MR) is 74.7 cm³/mol. The molecule has 0 aliphatic heterocycles. The highest BCUT2D eigenvalue weighted by Gasteiger charge is 2.19. The van der Waals surface area contributed by atoms with Crippen LogP contribution in [0.1, 0.15) is 39.0 Å². The lowest BCUT2D eigenvalue weighted by Crippen LogP contribution is -2.13. The Balaban J connectivity index is 2.30. The lowest BCUT2D eigenvalue weighted by molar-refractivity contribution is 0.101. The molecule has 2 N–H and O–H groups in total. The Morgan fingerprint density at radius 1 is 1.11 bits per heavy atom. The Hall–Kier alpha value is -2.36. The number of carbonyl (C=O) groups is 2. The number of aromatic nitrogens is 1. The maximum Gasteiger partial charge on any atom is 0.272 e. The first-order chi connectivity index (χ1) is 9.00. The molecule has 2 aromatic rings. The molecule has 1 aromatic carbocycles. The highest BCUT2D eigenvalue weighted by molar-refractivity contribution is 6.07. The van der Waals surface area contributed by atoms with Crippen molar-refractivity contribution in [3.05, 3.63) is 52.8 Å². The first kappa shape index (κ1) is 13.1. The summed E-state index contributed by atoms with van der Waals surface area (Å²) in [4.78, 5) is 26.7. The number of benzene rings is 1. The van der Waals surface area contributed by atoms with E-state index in [1.54, 1.807) is 13.8 Å². The van der Waals surface area contributed by atoms with Crippen LogP contribution >= 0.6 is 0 Å². The molecule has 4 nitrogen and oxygen atoms in total. The summed E-state index contributed by atoms with van der Waals surface area (Å²) in [6, 6.07) is 9.21. The van der Waals surface area contributed by atoms with Gasteiger partial charge in [-0.25, -0.2) is 0 Å². The predicted octanol–water partition coefficient (Wildman–Crippen LogP) is 3.09. The van der Waals surface area contributed by atoms with Crippen molar-refractivity contribution in [3.8, 4) is 0 Å². The molecule has 0 aliphatic rings. The van der Waals surface area contributed by atoms with E-state index in [1.807, 2.05) is 30.3 Å². The molecular weight excluding hydrogens is 240 g/mol. The fourth-order valence-electron chi connectivity index (χ4n) is 2.22. The van der Waals surface area contributed by atoms with Crippen molar-refractivity contribution in [3.63, 3.8) is 0 Å². The van der Waals surface area contributed by atoms with Gasteiger partial charge in [0.1, 0.15) is 5.69 Å². The minimum absolute atomic E-state index is 0.0370. The minimum Gasteiger partial charge on any atom is -0.354 e. The molecule has 0 saturated heterocycles. The van der Waals surface area contributed by atoms with Crippen LogP contribution in [0.3, 0.4) is 0 Å². The maximum atomic E-state index is 12.2. The third-order valence-corrected chi connectivity index (χ3v) is 3.05. The highest BCUT2D eigenvalue weighted by Crippen LogP contribution is 2.19. The van der Waals surface area contributed by atoms with E-state index >= 15 is 0 Å². The van der Waals surface area contributed by atoms with Gasteiger partial charge in [0.25, 0.3) is 5.91 Å². The summed E-state index contributed by atoms with van der Waals surface area (Å²) in [5.74, 6) is -0.274. The van der Waals surface area contributed by atoms with E-state index in [9.17, 15) is 9.59 Å². The monoisotopic (exact) mass is 256 g/mol. The smallest absolute Gasteiger partial charge is 0.272 e. The Bertz CT molecular complexity index is 627. The molecule has 0 radical (unpaired) electrons. The SMILES string of the molecule is CC(=O)c1c(C)[nH]c(C(=O)Nc2ccccc2)c1C. The number of aromatic amines is 1. The van der Waals surface area contributed by atoms with Gasteiger partial charge in [-0.2, -0.15) is 0 Å². The number of para-hydroxylation sites is 1. The van der Waals surface area contributed by atoms with Gasteiger partial charge in [-0.05, 0) is 38.5 Å². The minimum atomic E-state index is -0.237. The largest absolute Gasteiger partial charge is 0.354 e. The Labute approximate surface area is 111 Å². The summed E-state index contributed by atoms with van der Waals surface area (Å²) in [6.07, 6.45) is 0. The van der Waals surface area contributed by atoms with Crippen molar-refractivity contribution in [2.45, 2.75) is 20.8 Å². The van der Waals surface area contributed by atoms with Gasteiger partial charge in [0.05, 0.1) is 0 Å². The quantitative estimate of drug-likeness (QED) is 0.829.